The highest BCUT2D eigenvalue weighted by Crippen LogP contribution is 2.29. The van der Waals surface area contributed by atoms with Gasteiger partial charge < -0.3 is 15.2 Å². The number of hydrogen-bond donors (Lipinski definition) is 2. The first-order valence-electron chi connectivity index (χ1n) is 8.58. The topological polar surface area (TPSA) is 93.1 Å². The fourth-order valence-corrected chi connectivity index (χ4v) is 2.81. The Hall–Kier alpha value is -2.96. The summed E-state index contributed by atoms with van der Waals surface area (Å²) in [7, 11) is 1.45. The zero-order valence-corrected chi connectivity index (χ0v) is 15.1. The average Bonchev–Trinajstić information content (AvgIpc) is 3.30. The normalized spacial score (nSPS) is 18.3. The quantitative estimate of drug-likeness (QED) is 0.841. The summed E-state index contributed by atoms with van der Waals surface area (Å²) in [4.78, 5) is 41.5. The van der Waals surface area contributed by atoms with Gasteiger partial charge in [-0.05, 0) is 43.0 Å². The van der Waals surface area contributed by atoms with Gasteiger partial charge in [0, 0.05) is 25.5 Å². The Morgan fingerprint density at radius 3 is 2.65 bits per heavy atom. The van der Waals surface area contributed by atoms with Gasteiger partial charge in [-0.2, -0.15) is 0 Å². The molecule has 0 aliphatic heterocycles. The van der Waals surface area contributed by atoms with E-state index in [0.717, 1.165) is 12.0 Å². The lowest BCUT2D eigenvalue weighted by molar-refractivity contribution is 0.0948. The number of rotatable bonds is 5. The van der Waals surface area contributed by atoms with Crippen molar-refractivity contribution in [3.63, 3.8) is 0 Å². The van der Waals surface area contributed by atoms with Gasteiger partial charge in [-0.25, -0.2) is 0 Å². The Bertz CT molecular complexity index is 919. The second kappa shape index (κ2) is 7.11. The summed E-state index contributed by atoms with van der Waals surface area (Å²) < 4.78 is 1.36. The van der Waals surface area contributed by atoms with Crippen LogP contribution >= 0.6 is 0 Å². The first-order chi connectivity index (χ1) is 12.4. The molecule has 2 atom stereocenters. The van der Waals surface area contributed by atoms with E-state index >= 15 is 0 Å². The Labute approximate surface area is 151 Å². The summed E-state index contributed by atoms with van der Waals surface area (Å²) in [6, 6.07) is 5.24. The summed E-state index contributed by atoms with van der Waals surface area (Å²) in [5, 5.41) is 5.37. The maximum atomic E-state index is 12.7. The van der Waals surface area contributed by atoms with Crippen LogP contribution in [0.15, 0.2) is 35.4 Å². The average molecular weight is 354 g/mol. The van der Waals surface area contributed by atoms with E-state index in [-0.39, 0.29) is 29.6 Å². The summed E-state index contributed by atoms with van der Waals surface area (Å²) in [5.74, 6) is -0.342. The SMILES string of the molecule is CNC(=O)c1cc(C(=O)N[C@H]2C[C@@H]2C)cn(Cc2cc(C)ccn2)c1=O. The van der Waals surface area contributed by atoms with Gasteiger partial charge in [0.15, 0.2) is 0 Å². The first kappa shape index (κ1) is 17.8. The molecule has 7 heteroatoms. The molecule has 0 spiro atoms. The molecule has 0 bridgehead atoms. The van der Waals surface area contributed by atoms with Crippen LogP contribution in [-0.4, -0.2) is 34.5 Å². The lowest BCUT2D eigenvalue weighted by Crippen LogP contribution is -2.34. The minimum atomic E-state index is -0.518. The zero-order valence-electron chi connectivity index (χ0n) is 15.1. The van der Waals surface area contributed by atoms with Crippen LogP contribution in [0, 0.1) is 12.8 Å². The molecular weight excluding hydrogens is 332 g/mol. The van der Waals surface area contributed by atoms with Gasteiger partial charge in [-0.3, -0.25) is 19.4 Å². The van der Waals surface area contributed by atoms with Gasteiger partial charge in [-0.1, -0.05) is 6.92 Å². The van der Waals surface area contributed by atoms with E-state index in [9.17, 15) is 14.4 Å². The predicted molar refractivity (Wildman–Crippen MR) is 97.2 cm³/mol. The molecule has 1 saturated carbocycles. The van der Waals surface area contributed by atoms with Crippen molar-refractivity contribution in [2.45, 2.75) is 32.9 Å². The Morgan fingerprint density at radius 1 is 1.31 bits per heavy atom. The number of carbonyl (C=O) groups is 2. The molecule has 2 heterocycles. The van der Waals surface area contributed by atoms with E-state index in [2.05, 4.69) is 22.5 Å². The molecule has 0 radical (unpaired) electrons. The molecule has 0 aromatic carbocycles. The number of carbonyl (C=O) groups excluding carboxylic acids is 2. The van der Waals surface area contributed by atoms with Gasteiger partial charge in [0.2, 0.25) is 0 Å². The molecule has 136 valence electrons. The molecule has 1 aliphatic rings. The number of pyridine rings is 2. The minimum absolute atomic E-state index is 0.0587. The first-order valence-corrected chi connectivity index (χ1v) is 8.58. The maximum Gasteiger partial charge on any atom is 0.263 e. The van der Waals surface area contributed by atoms with E-state index in [1.165, 1.54) is 23.9 Å². The van der Waals surface area contributed by atoms with Gasteiger partial charge >= 0.3 is 0 Å². The van der Waals surface area contributed by atoms with E-state index in [4.69, 9.17) is 0 Å². The van der Waals surface area contributed by atoms with Crippen LogP contribution in [0.1, 0.15) is 45.3 Å². The summed E-state index contributed by atoms with van der Waals surface area (Å²) >= 11 is 0. The van der Waals surface area contributed by atoms with Crippen molar-refractivity contribution in [1.29, 1.82) is 0 Å². The summed E-state index contributed by atoms with van der Waals surface area (Å²) in [6.45, 7) is 4.18. The number of aromatic nitrogens is 2. The number of nitrogens with one attached hydrogen (secondary N) is 2. The highest BCUT2D eigenvalue weighted by molar-refractivity contribution is 5.99. The summed E-state index contributed by atoms with van der Waals surface area (Å²) in [5.41, 5.74) is 1.48. The molecule has 2 amide bonds. The van der Waals surface area contributed by atoms with E-state index < -0.39 is 11.5 Å². The van der Waals surface area contributed by atoms with Crippen LogP contribution < -0.4 is 16.2 Å². The van der Waals surface area contributed by atoms with Gasteiger partial charge in [0.1, 0.15) is 5.56 Å². The number of amides is 2. The molecular formula is C19H22N4O3. The number of hydrogen-bond acceptors (Lipinski definition) is 4. The van der Waals surface area contributed by atoms with Gasteiger partial charge in [-0.15, -0.1) is 0 Å². The standard InChI is InChI=1S/C19H22N4O3/c1-11-4-5-21-14(6-11)10-23-9-13(17(24)22-16-7-12(16)2)8-15(19(23)26)18(25)20-3/h4-6,8-9,12,16H,7,10H2,1-3H3,(H,20,25)(H,22,24)/t12-,16-/m0/s1. The Balaban J connectivity index is 1.98. The van der Waals surface area contributed by atoms with Crippen molar-refractivity contribution < 1.29 is 9.59 Å². The zero-order chi connectivity index (χ0) is 18.8. The van der Waals surface area contributed by atoms with Crippen LogP contribution in [0.4, 0.5) is 0 Å². The smallest absolute Gasteiger partial charge is 0.263 e. The van der Waals surface area contributed by atoms with E-state index in [1.54, 1.807) is 6.20 Å². The van der Waals surface area contributed by atoms with Crippen LogP contribution in [-0.2, 0) is 6.54 Å². The number of aryl methyl sites for hydroxylation is 1. The molecule has 2 N–H and O–H groups in total. The lowest BCUT2D eigenvalue weighted by Gasteiger charge is -2.12. The fourth-order valence-electron chi connectivity index (χ4n) is 2.81. The molecule has 26 heavy (non-hydrogen) atoms. The third-order valence-corrected chi connectivity index (χ3v) is 4.55. The largest absolute Gasteiger partial charge is 0.355 e. The summed E-state index contributed by atoms with van der Waals surface area (Å²) in [6.07, 6.45) is 4.10. The molecule has 0 unspecified atom stereocenters. The van der Waals surface area contributed by atoms with Crippen molar-refractivity contribution in [1.82, 2.24) is 20.2 Å². The van der Waals surface area contributed by atoms with E-state index in [0.29, 0.717) is 11.6 Å². The molecule has 0 saturated heterocycles. The molecule has 2 aromatic rings. The third kappa shape index (κ3) is 3.82. The predicted octanol–water partition coefficient (Wildman–Crippen LogP) is 1.10. The van der Waals surface area contributed by atoms with Gasteiger partial charge in [0.25, 0.3) is 17.4 Å². The van der Waals surface area contributed by atoms with Crippen molar-refractivity contribution in [3.05, 3.63) is 63.3 Å². The fraction of sp³-hybridized carbons (Fsp3) is 0.368. The van der Waals surface area contributed by atoms with Crippen LogP contribution in [0.25, 0.3) is 0 Å². The highest BCUT2D eigenvalue weighted by Gasteiger charge is 2.34. The number of nitrogens with zero attached hydrogens (tertiary/aromatic N) is 2. The third-order valence-electron chi connectivity index (χ3n) is 4.55. The monoisotopic (exact) mass is 354 g/mol. The maximum absolute atomic E-state index is 12.7. The van der Waals surface area contributed by atoms with Crippen molar-refractivity contribution >= 4 is 11.8 Å². The van der Waals surface area contributed by atoms with Crippen LogP contribution in [0.5, 0.6) is 0 Å². The van der Waals surface area contributed by atoms with Crippen molar-refractivity contribution in [3.8, 4) is 0 Å². The molecule has 1 fully saturated rings. The van der Waals surface area contributed by atoms with E-state index in [1.807, 2.05) is 19.1 Å². The van der Waals surface area contributed by atoms with Crippen molar-refractivity contribution in [2.75, 3.05) is 7.05 Å². The van der Waals surface area contributed by atoms with Crippen molar-refractivity contribution in [2.24, 2.45) is 5.92 Å². The van der Waals surface area contributed by atoms with Crippen LogP contribution in [0.2, 0.25) is 0 Å². The Kier molecular flexibility index (Phi) is 4.88. The second-order valence-corrected chi connectivity index (χ2v) is 6.77. The minimum Gasteiger partial charge on any atom is -0.355 e. The molecule has 3 rings (SSSR count). The van der Waals surface area contributed by atoms with Crippen LogP contribution in [0.3, 0.4) is 0 Å². The molecule has 7 nitrogen and oxygen atoms in total. The Morgan fingerprint density at radius 2 is 2.04 bits per heavy atom. The molecule has 1 aliphatic carbocycles. The second-order valence-electron chi connectivity index (χ2n) is 6.77. The van der Waals surface area contributed by atoms with Gasteiger partial charge in [0.05, 0.1) is 17.8 Å². The highest BCUT2D eigenvalue weighted by atomic mass is 16.2. The molecule has 2 aromatic heterocycles. The lowest BCUT2D eigenvalue weighted by atomic mass is 10.1.